The second-order valence-electron chi connectivity index (χ2n) is 9.80. The summed E-state index contributed by atoms with van der Waals surface area (Å²) in [5.74, 6) is -3.06. The third-order valence-corrected chi connectivity index (χ3v) is 7.50. The number of carbonyl (C=O) groups is 3. The van der Waals surface area contributed by atoms with Crippen molar-refractivity contribution in [3.8, 4) is 11.5 Å². The van der Waals surface area contributed by atoms with Crippen molar-refractivity contribution in [1.29, 1.82) is 0 Å². The Morgan fingerprint density at radius 2 is 1.69 bits per heavy atom. The Bertz CT molecular complexity index is 1290. The Kier molecular flexibility index (Phi) is 5.77. The van der Waals surface area contributed by atoms with E-state index < -0.39 is 71.5 Å². The predicted octanol–water partition coefficient (Wildman–Crippen LogP) is 1.02. The van der Waals surface area contributed by atoms with Gasteiger partial charge in [-0.3, -0.25) is 14.4 Å². The fourth-order valence-corrected chi connectivity index (χ4v) is 5.42. The molecule has 10 heteroatoms. The first-order chi connectivity index (χ1) is 16.9. The van der Waals surface area contributed by atoms with E-state index in [1.165, 1.54) is 19.1 Å². The molecule has 0 saturated carbocycles. The summed E-state index contributed by atoms with van der Waals surface area (Å²) in [5.41, 5.74) is 3.38. The molecule has 1 aliphatic heterocycles. The lowest BCUT2D eigenvalue weighted by atomic mass is 9.72. The molecule has 1 saturated heterocycles. The van der Waals surface area contributed by atoms with Crippen molar-refractivity contribution in [2.45, 2.75) is 69.4 Å². The number of Topliss-reactive ketones (excluding diaryl/α,β-unsaturated/α-hetero) is 1. The van der Waals surface area contributed by atoms with E-state index in [0.29, 0.717) is 0 Å². The summed E-state index contributed by atoms with van der Waals surface area (Å²) in [6, 6.07) is 5.40. The summed E-state index contributed by atoms with van der Waals surface area (Å²) in [6.45, 7) is 2.80. The summed E-state index contributed by atoms with van der Waals surface area (Å²) >= 11 is 0. The molecule has 2 aliphatic carbocycles. The van der Waals surface area contributed by atoms with E-state index in [1.54, 1.807) is 19.1 Å². The molecule has 1 heterocycles. The van der Waals surface area contributed by atoms with Gasteiger partial charge in [0.2, 0.25) is 0 Å². The van der Waals surface area contributed by atoms with Crippen molar-refractivity contribution in [2.75, 3.05) is 0 Å². The minimum Gasteiger partial charge on any atom is -0.507 e. The van der Waals surface area contributed by atoms with E-state index in [0.717, 1.165) is 0 Å². The topological polar surface area (TPSA) is 177 Å². The Hall–Kier alpha value is -3.15. The molecule has 36 heavy (non-hydrogen) atoms. The van der Waals surface area contributed by atoms with E-state index in [-0.39, 0.29) is 46.2 Å². The quantitative estimate of drug-likeness (QED) is 0.328. The van der Waals surface area contributed by atoms with Crippen LogP contribution in [0.2, 0.25) is 0 Å². The van der Waals surface area contributed by atoms with Crippen LogP contribution in [0.4, 0.5) is 0 Å². The van der Waals surface area contributed by atoms with Gasteiger partial charge in [0.25, 0.3) is 0 Å². The lowest BCUT2D eigenvalue weighted by Gasteiger charge is -2.42. The number of phenols is 2. The Labute approximate surface area is 206 Å². The molecule has 5 rings (SSSR count). The molecule has 1 fully saturated rings. The summed E-state index contributed by atoms with van der Waals surface area (Å²) in [7, 11) is 0. The van der Waals surface area contributed by atoms with Crippen LogP contribution in [-0.2, 0) is 20.7 Å². The Morgan fingerprint density at radius 3 is 2.25 bits per heavy atom. The number of fused-ring (bicyclic) bond motifs is 3. The number of ketones is 3. The maximum absolute atomic E-state index is 13.3. The maximum Gasteiger partial charge on any atom is 0.198 e. The highest BCUT2D eigenvalue weighted by Gasteiger charge is 2.49. The molecular formula is C26H27NO9. The molecule has 0 amide bonds. The van der Waals surface area contributed by atoms with Crippen LogP contribution in [0.25, 0.3) is 0 Å². The number of aliphatic hydroxyl groups is 2. The number of aromatic hydroxyl groups is 2. The van der Waals surface area contributed by atoms with Gasteiger partial charge in [-0.15, -0.1) is 0 Å². The SMILES string of the molecule is CC(=O)C1(O)Cc2c(O)c3c(c(O)c2[C@@H](O[C@H]2C[C@H](N)[C@H](O)[C@H](C)O2)C1)C(=O)c1ccccc1C3=O. The lowest BCUT2D eigenvalue weighted by molar-refractivity contribution is -0.247. The second kappa shape index (κ2) is 8.46. The van der Waals surface area contributed by atoms with Gasteiger partial charge >= 0.3 is 0 Å². The van der Waals surface area contributed by atoms with E-state index in [1.807, 2.05) is 0 Å². The minimum absolute atomic E-state index is 0.00588. The molecule has 2 aromatic carbocycles. The van der Waals surface area contributed by atoms with Crippen LogP contribution < -0.4 is 5.73 Å². The van der Waals surface area contributed by atoms with Crippen LogP contribution in [0, 0.1) is 0 Å². The van der Waals surface area contributed by atoms with Crippen molar-refractivity contribution >= 4 is 17.3 Å². The number of hydrogen-bond acceptors (Lipinski definition) is 10. The second-order valence-corrected chi connectivity index (χ2v) is 9.80. The number of aliphatic hydroxyl groups excluding tert-OH is 1. The molecule has 2 aromatic rings. The first-order valence-corrected chi connectivity index (χ1v) is 11.7. The molecule has 0 radical (unpaired) electrons. The first-order valence-electron chi connectivity index (χ1n) is 11.7. The largest absolute Gasteiger partial charge is 0.507 e. The van der Waals surface area contributed by atoms with Crippen LogP contribution in [0.5, 0.6) is 11.5 Å². The number of benzene rings is 2. The third-order valence-electron chi connectivity index (χ3n) is 7.50. The van der Waals surface area contributed by atoms with E-state index in [4.69, 9.17) is 15.2 Å². The third kappa shape index (κ3) is 3.56. The average molecular weight is 498 g/mol. The standard InChI is InChI=1S/C26H27NO9/c1-10-21(29)15(27)7-17(35-10)36-16-9-26(34,11(2)28)8-14-18(16)25(33)20-19(24(14)32)22(30)12-5-3-4-6-13(12)23(20)31/h3-6,10,15-17,21,29,32-34H,7-9,27H2,1-2H3/t10-,15-,16-,17-,21+,26?/m0/s1. The van der Waals surface area contributed by atoms with Crippen LogP contribution >= 0.6 is 0 Å². The van der Waals surface area contributed by atoms with Gasteiger partial charge in [-0.05, 0) is 13.8 Å². The zero-order chi connectivity index (χ0) is 26.1. The number of ether oxygens (including phenoxy) is 2. The number of hydrogen-bond donors (Lipinski definition) is 5. The molecule has 0 bridgehead atoms. The summed E-state index contributed by atoms with van der Waals surface area (Å²) < 4.78 is 11.8. The van der Waals surface area contributed by atoms with Crippen molar-refractivity contribution in [1.82, 2.24) is 0 Å². The van der Waals surface area contributed by atoms with Crippen molar-refractivity contribution in [2.24, 2.45) is 5.73 Å². The first kappa shape index (κ1) is 24.5. The summed E-state index contributed by atoms with van der Waals surface area (Å²) in [5, 5.41) is 43.8. The van der Waals surface area contributed by atoms with Crippen molar-refractivity contribution < 1.29 is 44.3 Å². The van der Waals surface area contributed by atoms with E-state index in [9.17, 15) is 34.8 Å². The van der Waals surface area contributed by atoms with Gasteiger partial charge in [0.05, 0.1) is 29.4 Å². The number of carbonyl (C=O) groups excluding carboxylic acids is 3. The van der Waals surface area contributed by atoms with Crippen LogP contribution in [0.3, 0.4) is 0 Å². The average Bonchev–Trinajstić information content (AvgIpc) is 2.82. The molecular weight excluding hydrogens is 470 g/mol. The van der Waals surface area contributed by atoms with Gasteiger partial charge < -0.3 is 35.6 Å². The predicted molar refractivity (Wildman–Crippen MR) is 124 cm³/mol. The van der Waals surface area contributed by atoms with E-state index in [2.05, 4.69) is 0 Å². The lowest BCUT2D eigenvalue weighted by Crippen LogP contribution is -2.52. The highest BCUT2D eigenvalue weighted by atomic mass is 16.7. The van der Waals surface area contributed by atoms with Crippen molar-refractivity contribution in [3.63, 3.8) is 0 Å². The number of nitrogens with two attached hydrogens (primary N) is 1. The van der Waals surface area contributed by atoms with Crippen LogP contribution in [0.1, 0.15) is 75.8 Å². The zero-order valence-corrected chi connectivity index (χ0v) is 19.7. The van der Waals surface area contributed by atoms with Gasteiger partial charge in [-0.1, -0.05) is 24.3 Å². The molecule has 6 atom stereocenters. The van der Waals surface area contributed by atoms with Crippen molar-refractivity contribution in [3.05, 3.63) is 57.6 Å². The van der Waals surface area contributed by atoms with Gasteiger partial charge in [-0.2, -0.15) is 0 Å². The van der Waals surface area contributed by atoms with Crippen LogP contribution in [-0.4, -0.2) is 67.9 Å². The highest BCUT2D eigenvalue weighted by molar-refractivity contribution is 6.30. The Morgan fingerprint density at radius 1 is 1.11 bits per heavy atom. The monoisotopic (exact) mass is 497 g/mol. The van der Waals surface area contributed by atoms with Gasteiger partial charge in [-0.25, -0.2) is 0 Å². The maximum atomic E-state index is 13.3. The smallest absolute Gasteiger partial charge is 0.198 e. The molecule has 0 aromatic heterocycles. The van der Waals surface area contributed by atoms with Gasteiger partial charge in [0.15, 0.2) is 23.6 Å². The molecule has 0 spiro atoms. The summed E-state index contributed by atoms with van der Waals surface area (Å²) in [4.78, 5) is 39.0. The summed E-state index contributed by atoms with van der Waals surface area (Å²) in [6.07, 6.45) is -4.38. The molecule has 10 nitrogen and oxygen atoms in total. The molecule has 3 aliphatic rings. The highest BCUT2D eigenvalue weighted by Crippen LogP contribution is 2.51. The fourth-order valence-electron chi connectivity index (χ4n) is 5.42. The normalized spacial score (nSPS) is 31.4. The van der Waals surface area contributed by atoms with Crippen LogP contribution in [0.15, 0.2) is 24.3 Å². The van der Waals surface area contributed by atoms with E-state index >= 15 is 0 Å². The number of rotatable bonds is 3. The zero-order valence-electron chi connectivity index (χ0n) is 19.7. The molecule has 1 unspecified atom stereocenters. The molecule has 190 valence electrons. The van der Waals surface area contributed by atoms with Gasteiger partial charge in [0, 0.05) is 47.6 Å². The fraction of sp³-hybridized carbons (Fsp3) is 0.423. The minimum atomic E-state index is -1.97. The van der Waals surface area contributed by atoms with Gasteiger partial charge in [0.1, 0.15) is 17.1 Å². The number of phenolic OH excluding ortho intramolecular Hbond substituents is 2. The molecule has 6 N–H and O–H groups in total. The Balaban J connectivity index is 1.66.